The van der Waals surface area contributed by atoms with Crippen LogP contribution in [0.15, 0.2) is 0 Å². The summed E-state index contributed by atoms with van der Waals surface area (Å²) < 4.78 is 5.01. The molecule has 2 aliphatic rings. The Kier molecular flexibility index (Phi) is 20.6. The summed E-state index contributed by atoms with van der Waals surface area (Å²) in [4.78, 5) is 0. The number of nitrogens with two attached hydrogens (primary N) is 1. The Hall–Kier alpha value is -0.120. The second-order valence-electron chi connectivity index (χ2n) is 3.76. The van der Waals surface area contributed by atoms with Gasteiger partial charge in [0.2, 0.25) is 0 Å². The van der Waals surface area contributed by atoms with Crippen molar-refractivity contribution in [2.24, 2.45) is 5.73 Å². The molecular formula is C14H34N2O. The highest BCUT2D eigenvalue weighted by atomic mass is 16.5. The van der Waals surface area contributed by atoms with Crippen molar-refractivity contribution >= 4 is 0 Å². The molecule has 0 unspecified atom stereocenters. The van der Waals surface area contributed by atoms with Crippen molar-refractivity contribution in [3.8, 4) is 0 Å². The number of rotatable bonds is 0. The molecule has 0 spiro atoms. The molecule has 0 atom stereocenters. The molecule has 0 radical (unpaired) electrons. The molecule has 0 aromatic carbocycles. The summed E-state index contributed by atoms with van der Waals surface area (Å²) in [6.45, 7) is 11.8. The Morgan fingerprint density at radius 3 is 1.53 bits per heavy atom. The van der Waals surface area contributed by atoms with Gasteiger partial charge >= 0.3 is 0 Å². The van der Waals surface area contributed by atoms with Crippen molar-refractivity contribution in [3.05, 3.63) is 0 Å². The summed E-state index contributed by atoms with van der Waals surface area (Å²) in [5.41, 5.74) is 5.63. The quantitative estimate of drug-likeness (QED) is 0.691. The molecule has 3 nitrogen and oxygen atoms in total. The number of hydrogen-bond donors (Lipinski definition) is 2. The van der Waals surface area contributed by atoms with Crippen LogP contribution in [-0.2, 0) is 4.74 Å². The van der Waals surface area contributed by atoms with E-state index in [0.29, 0.717) is 6.04 Å². The topological polar surface area (TPSA) is 47.3 Å². The van der Waals surface area contributed by atoms with E-state index in [1.807, 2.05) is 27.7 Å². The van der Waals surface area contributed by atoms with E-state index in [2.05, 4.69) is 5.32 Å². The zero-order valence-corrected chi connectivity index (χ0v) is 12.4. The smallest absolute Gasteiger partial charge is 0.0591 e. The maximum absolute atomic E-state index is 5.63. The number of morpholine rings is 1. The van der Waals surface area contributed by atoms with Gasteiger partial charge in [0.1, 0.15) is 0 Å². The molecule has 1 aliphatic heterocycles. The lowest BCUT2D eigenvalue weighted by atomic mass is 9.97. The average molecular weight is 246 g/mol. The van der Waals surface area contributed by atoms with E-state index < -0.39 is 0 Å². The van der Waals surface area contributed by atoms with E-state index in [9.17, 15) is 0 Å². The fourth-order valence-corrected chi connectivity index (χ4v) is 1.65. The number of ether oxygens (including phenoxy) is 1. The predicted molar refractivity (Wildman–Crippen MR) is 77.4 cm³/mol. The van der Waals surface area contributed by atoms with Crippen LogP contribution in [0.25, 0.3) is 0 Å². The summed E-state index contributed by atoms with van der Waals surface area (Å²) in [5, 5.41) is 3.16. The fourth-order valence-electron chi connectivity index (χ4n) is 1.65. The molecule has 1 aliphatic carbocycles. The molecule has 1 heterocycles. The standard InChI is InChI=1S/C6H13N.C4H9NO.2C2H6/c7-6-4-2-1-3-5-6;1-3-6-4-2-5-1;2*1-2/h6H,1-5,7H2;5H,1-4H2;2*1-2H3. The van der Waals surface area contributed by atoms with E-state index in [1.165, 1.54) is 32.1 Å². The highest BCUT2D eigenvalue weighted by Gasteiger charge is 2.06. The van der Waals surface area contributed by atoms with Gasteiger partial charge in [-0.05, 0) is 12.8 Å². The van der Waals surface area contributed by atoms with Gasteiger partial charge in [0.25, 0.3) is 0 Å². The van der Waals surface area contributed by atoms with E-state index >= 15 is 0 Å². The molecule has 0 aromatic heterocycles. The molecule has 2 fully saturated rings. The Bertz CT molecular complexity index is 99.3. The molecule has 2 rings (SSSR count). The third-order valence-electron chi connectivity index (χ3n) is 2.50. The monoisotopic (exact) mass is 246 g/mol. The van der Waals surface area contributed by atoms with E-state index in [4.69, 9.17) is 10.5 Å². The highest BCUT2D eigenvalue weighted by molar-refractivity contribution is 4.66. The maximum atomic E-state index is 5.63. The van der Waals surface area contributed by atoms with Crippen LogP contribution in [0.2, 0.25) is 0 Å². The van der Waals surface area contributed by atoms with Gasteiger partial charge in [0.05, 0.1) is 13.2 Å². The minimum absolute atomic E-state index is 0.536. The lowest BCUT2D eigenvalue weighted by Gasteiger charge is -2.15. The fraction of sp³-hybridized carbons (Fsp3) is 1.00. The minimum Gasteiger partial charge on any atom is -0.379 e. The van der Waals surface area contributed by atoms with Crippen molar-refractivity contribution in [2.75, 3.05) is 26.3 Å². The first-order valence-corrected chi connectivity index (χ1v) is 7.43. The Morgan fingerprint density at radius 2 is 1.35 bits per heavy atom. The lowest BCUT2D eigenvalue weighted by Crippen LogP contribution is -2.30. The Labute approximate surface area is 108 Å². The van der Waals surface area contributed by atoms with Crippen LogP contribution in [0, 0.1) is 0 Å². The first-order valence-electron chi connectivity index (χ1n) is 7.43. The normalized spacial score (nSPS) is 19.6. The maximum Gasteiger partial charge on any atom is 0.0591 e. The van der Waals surface area contributed by atoms with Crippen molar-refractivity contribution < 1.29 is 4.74 Å². The summed E-state index contributed by atoms with van der Waals surface area (Å²) in [6, 6.07) is 0.536. The predicted octanol–water partition coefficient (Wildman–Crippen LogP) is 2.94. The summed E-state index contributed by atoms with van der Waals surface area (Å²) in [7, 11) is 0. The largest absolute Gasteiger partial charge is 0.379 e. The van der Waals surface area contributed by atoms with Crippen molar-refractivity contribution in [2.45, 2.75) is 65.8 Å². The van der Waals surface area contributed by atoms with E-state index in [0.717, 1.165) is 26.3 Å². The molecule has 3 heteroatoms. The molecule has 1 saturated carbocycles. The van der Waals surface area contributed by atoms with Crippen molar-refractivity contribution in [3.63, 3.8) is 0 Å². The molecule has 0 bridgehead atoms. The van der Waals surface area contributed by atoms with Gasteiger partial charge in [0, 0.05) is 19.1 Å². The second-order valence-corrected chi connectivity index (χ2v) is 3.76. The van der Waals surface area contributed by atoms with Crippen LogP contribution in [0.4, 0.5) is 0 Å². The Morgan fingerprint density at radius 1 is 0.882 bits per heavy atom. The molecular weight excluding hydrogens is 212 g/mol. The van der Waals surface area contributed by atoms with Crippen LogP contribution in [-0.4, -0.2) is 32.3 Å². The van der Waals surface area contributed by atoms with Crippen molar-refractivity contribution in [1.82, 2.24) is 5.32 Å². The SMILES string of the molecule is C1COCCN1.CC.CC.NC1CCCCC1. The first-order chi connectivity index (χ1) is 8.39. The van der Waals surface area contributed by atoms with Gasteiger partial charge in [-0.2, -0.15) is 0 Å². The zero-order valence-electron chi connectivity index (χ0n) is 12.4. The zero-order chi connectivity index (χ0) is 13.4. The van der Waals surface area contributed by atoms with Crippen LogP contribution in [0.5, 0.6) is 0 Å². The summed E-state index contributed by atoms with van der Waals surface area (Å²) >= 11 is 0. The minimum atomic E-state index is 0.536. The van der Waals surface area contributed by atoms with Gasteiger partial charge in [-0.3, -0.25) is 0 Å². The van der Waals surface area contributed by atoms with Crippen LogP contribution >= 0.6 is 0 Å². The van der Waals surface area contributed by atoms with Gasteiger partial charge in [-0.25, -0.2) is 0 Å². The van der Waals surface area contributed by atoms with Gasteiger partial charge in [0.15, 0.2) is 0 Å². The van der Waals surface area contributed by atoms with E-state index in [-0.39, 0.29) is 0 Å². The first kappa shape index (κ1) is 19.2. The van der Waals surface area contributed by atoms with Gasteiger partial charge in [-0.1, -0.05) is 47.0 Å². The van der Waals surface area contributed by atoms with Crippen molar-refractivity contribution in [1.29, 1.82) is 0 Å². The number of hydrogen-bond acceptors (Lipinski definition) is 3. The van der Waals surface area contributed by atoms with E-state index in [1.54, 1.807) is 0 Å². The molecule has 1 saturated heterocycles. The second kappa shape index (κ2) is 18.3. The average Bonchev–Trinajstić information content (AvgIpc) is 2.47. The third kappa shape index (κ3) is 15.9. The summed E-state index contributed by atoms with van der Waals surface area (Å²) in [5.74, 6) is 0. The van der Waals surface area contributed by atoms with Gasteiger partial charge in [-0.15, -0.1) is 0 Å². The lowest BCUT2D eigenvalue weighted by molar-refractivity contribution is 0.109. The summed E-state index contributed by atoms with van der Waals surface area (Å²) in [6.07, 6.45) is 6.66. The van der Waals surface area contributed by atoms with Crippen LogP contribution in [0.3, 0.4) is 0 Å². The highest BCUT2D eigenvalue weighted by Crippen LogP contribution is 2.14. The molecule has 106 valence electrons. The van der Waals surface area contributed by atoms with Gasteiger partial charge < -0.3 is 15.8 Å². The molecule has 0 aromatic rings. The molecule has 17 heavy (non-hydrogen) atoms. The third-order valence-corrected chi connectivity index (χ3v) is 2.50. The molecule has 0 amide bonds. The van der Waals surface area contributed by atoms with Crippen LogP contribution in [0.1, 0.15) is 59.8 Å². The molecule has 3 N–H and O–H groups in total. The van der Waals surface area contributed by atoms with Crippen LogP contribution < -0.4 is 11.1 Å². The Balaban J connectivity index is 0. The number of nitrogens with one attached hydrogen (secondary N) is 1.